The van der Waals surface area contributed by atoms with Gasteiger partial charge in [-0.2, -0.15) is 0 Å². The van der Waals surface area contributed by atoms with Gasteiger partial charge in [-0.15, -0.1) is 0 Å². The van der Waals surface area contributed by atoms with Crippen LogP contribution in [0.4, 0.5) is 5.69 Å². The number of carbonyl (C=O) groups is 1. The summed E-state index contributed by atoms with van der Waals surface area (Å²) >= 11 is 0. The van der Waals surface area contributed by atoms with Crippen LogP contribution in [0.3, 0.4) is 0 Å². The van der Waals surface area contributed by atoms with Crippen LogP contribution >= 0.6 is 0 Å². The Morgan fingerprint density at radius 1 is 1.33 bits per heavy atom. The molecule has 2 rings (SSSR count). The first-order valence-corrected chi connectivity index (χ1v) is 6.00. The lowest BCUT2D eigenvalue weighted by molar-refractivity contribution is 0.0515. The second kappa shape index (κ2) is 4.37. The third kappa shape index (κ3) is 1.65. The van der Waals surface area contributed by atoms with E-state index in [-0.39, 0.29) is 5.97 Å². The molecule has 0 radical (unpaired) electrons. The van der Waals surface area contributed by atoms with Gasteiger partial charge in [0.05, 0.1) is 12.1 Å². The van der Waals surface area contributed by atoms with Gasteiger partial charge < -0.3 is 15.0 Å². The van der Waals surface area contributed by atoms with E-state index in [1.807, 2.05) is 37.6 Å². The van der Waals surface area contributed by atoms with Gasteiger partial charge in [0.15, 0.2) is 0 Å². The standard InChI is InChI=1S/C14H18N2O2/c1-5-18-14(17)13-8(2)10-6-7-11(15)9(3)12(10)16(13)4/h6-7H,5,15H2,1-4H3. The molecule has 0 amide bonds. The molecule has 1 heterocycles. The Bertz CT molecular complexity index is 626. The van der Waals surface area contributed by atoms with Gasteiger partial charge in [-0.1, -0.05) is 6.07 Å². The molecule has 0 aliphatic carbocycles. The zero-order valence-electron chi connectivity index (χ0n) is 11.2. The largest absolute Gasteiger partial charge is 0.461 e. The molecule has 18 heavy (non-hydrogen) atoms. The van der Waals surface area contributed by atoms with Crippen molar-refractivity contribution in [1.29, 1.82) is 0 Å². The summed E-state index contributed by atoms with van der Waals surface area (Å²) in [5, 5.41) is 1.05. The summed E-state index contributed by atoms with van der Waals surface area (Å²) in [4.78, 5) is 12.0. The van der Waals surface area contributed by atoms with E-state index >= 15 is 0 Å². The second-order valence-electron chi connectivity index (χ2n) is 4.43. The van der Waals surface area contributed by atoms with Crippen LogP contribution in [0.25, 0.3) is 10.9 Å². The van der Waals surface area contributed by atoms with Crippen LogP contribution in [-0.2, 0) is 11.8 Å². The molecule has 0 bridgehead atoms. The molecule has 0 aliphatic heterocycles. The lowest BCUT2D eigenvalue weighted by Gasteiger charge is -2.07. The quantitative estimate of drug-likeness (QED) is 0.654. The first-order chi connectivity index (χ1) is 8.49. The van der Waals surface area contributed by atoms with E-state index in [1.165, 1.54) is 0 Å². The summed E-state index contributed by atoms with van der Waals surface area (Å²) in [6.07, 6.45) is 0. The van der Waals surface area contributed by atoms with Crippen molar-refractivity contribution >= 4 is 22.6 Å². The first kappa shape index (κ1) is 12.5. The normalized spacial score (nSPS) is 10.9. The summed E-state index contributed by atoms with van der Waals surface area (Å²) in [7, 11) is 1.87. The number of ether oxygens (including phenoxy) is 1. The van der Waals surface area contributed by atoms with E-state index in [0.29, 0.717) is 12.3 Å². The molecule has 0 spiro atoms. The van der Waals surface area contributed by atoms with Crippen LogP contribution in [0, 0.1) is 13.8 Å². The van der Waals surface area contributed by atoms with E-state index in [1.54, 1.807) is 6.92 Å². The number of aromatic nitrogens is 1. The van der Waals surface area contributed by atoms with Crippen molar-refractivity contribution < 1.29 is 9.53 Å². The number of nitrogens with zero attached hydrogens (tertiary/aromatic N) is 1. The van der Waals surface area contributed by atoms with Gasteiger partial charge in [-0.3, -0.25) is 0 Å². The van der Waals surface area contributed by atoms with Crippen molar-refractivity contribution in [2.75, 3.05) is 12.3 Å². The number of fused-ring (bicyclic) bond motifs is 1. The maximum Gasteiger partial charge on any atom is 0.355 e. The van der Waals surface area contributed by atoms with Crippen LogP contribution in [0.5, 0.6) is 0 Å². The molecule has 4 heteroatoms. The number of benzene rings is 1. The Hall–Kier alpha value is -1.97. The number of nitrogens with two attached hydrogens (primary N) is 1. The molecule has 0 aliphatic rings. The van der Waals surface area contributed by atoms with Crippen molar-refractivity contribution in [1.82, 2.24) is 4.57 Å². The average Bonchev–Trinajstić information content (AvgIpc) is 2.57. The zero-order valence-corrected chi connectivity index (χ0v) is 11.2. The van der Waals surface area contributed by atoms with Crippen LogP contribution in [-0.4, -0.2) is 17.1 Å². The van der Waals surface area contributed by atoms with Gasteiger partial charge in [0.1, 0.15) is 5.69 Å². The maximum absolute atomic E-state index is 12.0. The van der Waals surface area contributed by atoms with E-state index in [9.17, 15) is 4.79 Å². The third-order valence-corrected chi connectivity index (χ3v) is 3.37. The topological polar surface area (TPSA) is 57.2 Å². The van der Waals surface area contributed by atoms with Crippen molar-refractivity contribution in [2.45, 2.75) is 20.8 Å². The van der Waals surface area contributed by atoms with Crippen LogP contribution in [0.2, 0.25) is 0 Å². The molecule has 2 aromatic rings. The van der Waals surface area contributed by atoms with Gasteiger partial charge in [0, 0.05) is 18.1 Å². The molecule has 1 aromatic carbocycles. The van der Waals surface area contributed by atoms with Crippen molar-refractivity contribution in [3.63, 3.8) is 0 Å². The molecule has 0 unspecified atom stereocenters. The smallest absolute Gasteiger partial charge is 0.355 e. The number of hydrogen-bond donors (Lipinski definition) is 1. The number of nitrogen functional groups attached to an aromatic ring is 1. The molecule has 0 atom stereocenters. The van der Waals surface area contributed by atoms with Crippen LogP contribution in [0.1, 0.15) is 28.5 Å². The number of aryl methyl sites for hydroxylation is 3. The number of hydrogen-bond acceptors (Lipinski definition) is 3. The summed E-state index contributed by atoms with van der Waals surface area (Å²) in [5.74, 6) is -0.285. The van der Waals surface area contributed by atoms with Crippen LogP contribution < -0.4 is 5.73 Å². The Kier molecular flexibility index (Phi) is 3.03. The van der Waals surface area contributed by atoms with Crippen molar-refractivity contribution in [2.24, 2.45) is 7.05 Å². The minimum Gasteiger partial charge on any atom is -0.461 e. The van der Waals surface area contributed by atoms with Gasteiger partial charge >= 0.3 is 5.97 Å². The van der Waals surface area contributed by atoms with Crippen molar-refractivity contribution in [3.05, 3.63) is 29.0 Å². The fourth-order valence-corrected chi connectivity index (χ4v) is 2.43. The lowest BCUT2D eigenvalue weighted by atomic mass is 10.1. The van der Waals surface area contributed by atoms with Gasteiger partial charge in [-0.25, -0.2) is 4.79 Å². The highest BCUT2D eigenvalue weighted by Gasteiger charge is 2.20. The molecule has 2 N–H and O–H groups in total. The second-order valence-corrected chi connectivity index (χ2v) is 4.43. The summed E-state index contributed by atoms with van der Waals surface area (Å²) in [5.41, 5.74) is 10.2. The summed E-state index contributed by atoms with van der Waals surface area (Å²) in [6, 6.07) is 3.83. The number of rotatable bonds is 2. The molecular weight excluding hydrogens is 228 g/mol. The third-order valence-electron chi connectivity index (χ3n) is 3.37. The molecular formula is C14H18N2O2. The SMILES string of the molecule is CCOC(=O)c1c(C)c2ccc(N)c(C)c2n1C. The lowest BCUT2D eigenvalue weighted by Crippen LogP contribution is -2.11. The molecule has 4 nitrogen and oxygen atoms in total. The minimum atomic E-state index is -0.285. The van der Waals surface area contributed by atoms with E-state index in [2.05, 4.69) is 0 Å². The number of carbonyl (C=O) groups excluding carboxylic acids is 1. The Balaban J connectivity index is 2.77. The maximum atomic E-state index is 12.0. The average molecular weight is 246 g/mol. The summed E-state index contributed by atoms with van der Waals surface area (Å²) < 4.78 is 6.97. The molecule has 0 fully saturated rings. The van der Waals surface area contributed by atoms with E-state index in [0.717, 1.165) is 27.7 Å². The van der Waals surface area contributed by atoms with Crippen molar-refractivity contribution in [3.8, 4) is 0 Å². The summed E-state index contributed by atoms with van der Waals surface area (Å²) in [6.45, 7) is 6.08. The Morgan fingerprint density at radius 3 is 2.61 bits per heavy atom. The van der Waals surface area contributed by atoms with Gasteiger partial charge in [-0.05, 0) is 38.0 Å². The molecule has 1 aromatic heterocycles. The Labute approximate surface area is 106 Å². The number of esters is 1. The fraction of sp³-hybridized carbons (Fsp3) is 0.357. The van der Waals surface area contributed by atoms with Gasteiger partial charge in [0.25, 0.3) is 0 Å². The molecule has 0 saturated carbocycles. The van der Waals surface area contributed by atoms with E-state index in [4.69, 9.17) is 10.5 Å². The predicted molar refractivity (Wildman–Crippen MR) is 72.8 cm³/mol. The first-order valence-electron chi connectivity index (χ1n) is 6.00. The fourth-order valence-electron chi connectivity index (χ4n) is 2.43. The highest BCUT2D eigenvalue weighted by Crippen LogP contribution is 2.30. The Morgan fingerprint density at radius 2 is 2.00 bits per heavy atom. The predicted octanol–water partition coefficient (Wildman–Crippen LogP) is 2.55. The minimum absolute atomic E-state index is 0.285. The molecule has 96 valence electrons. The molecule has 0 saturated heterocycles. The zero-order chi connectivity index (χ0) is 13.4. The highest BCUT2D eigenvalue weighted by atomic mass is 16.5. The van der Waals surface area contributed by atoms with Gasteiger partial charge in [0.2, 0.25) is 0 Å². The number of anilines is 1. The van der Waals surface area contributed by atoms with Crippen LogP contribution in [0.15, 0.2) is 12.1 Å². The highest BCUT2D eigenvalue weighted by molar-refractivity contribution is 6.01. The van der Waals surface area contributed by atoms with E-state index < -0.39 is 0 Å². The monoisotopic (exact) mass is 246 g/mol.